The summed E-state index contributed by atoms with van der Waals surface area (Å²) in [4.78, 5) is 0. The molecule has 1 aromatic rings. The van der Waals surface area contributed by atoms with E-state index in [-0.39, 0.29) is 12.1 Å². The van der Waals surface area contributed by atoms with Crippen LogP contribution in [-0.4, -0.2) is 12.7 Å². The Bertz CT molecular complexity index is 231. The molecule has 2 N–H and O–H groups in total. The molecular weight excluding hydrogens is 138 g/mol. The molecule has 2 unspecified atom stereocenters. The van der Waals surface area contributed by atoms with Crippen molar-refractivity contribution in [2.75, 3.05) is 6.61 Å². The summed E-state index contributed by atoms with van der Waals surface area (Å²) in [5, 5.41) is 0. The minimum atomic E-state index is 0.0659. The van der Waals surface area contributed by atoms with Crippen LogP contribution in [0.3, 0.4) is 0 Å². The average Bonchev–Trinajstić information content (AvgIpc) is 2.87. The second-order valence-electron chi connectivity index (χ2n) is 2.81. The zero-order valence-electron chi connectivity index (χ0n) is 6.23. The Morgan fingerprint density at radius 1 is 1.36 bits per heavy atom. The van der Waals surface area contributed by atoms with E-state index in [4.69, 9.17) is 10.5 Å². The lowest BCUT2D eigenvalue weighted by atomic mass is 10.1. The number of rotatable bonds is 2. The molecule has 2 nitrogen and oxygen atoms in total. The smallest absolute Gasteiger partial charge is 0.100 e. The molecule has 1 saturated heterocycles. The van der Waals surface area contributed by atoms with Gasteiger partial charge in [0.05, 0.1) is 12.6 Å². The Morgan fingerprint density at radius 2 is 2.00 bits per heavy atom. The monoisotopic (exact) mass is 149 g/mol. The fourth-order valence-corrected chi connectivity index (χ4v) is 1.15. The third-order valence-electron chi connectivity index (χ3n) is 1.94. The predicted molar refractivity (Wildman–Crippen MR) is 43.1 cm³/mol. The number of epoxide rings is 1. The van der Waals surface area contributed by atoms with Crippen LogP contribution in [0.15, 0.2) is 30.3 Å². The molecule has 0 aliphatic carbocycles. The molecule has 0 amide bonds. The minimum Gasteiger partial charge on any atom is -0.371 e. The third kappa shape index (κ3) is 1.42. The van der Waals surface area contributed by atoms with Crippen LogP contribution in [0.5, 0.6) is 0 Å². The Hall–Kier alpha value is -0.860. The molecule has 0 spiro atoms. The molecule has 2 rings (SSSR count). The highest BCUT2D eigenvalue weighted by Gasteiger charge is 2.30. The summed E-state index contributed by atoms with van der Waals surface area (Å²) in [6.45, 7) is 0.816. The lowest BCUT2D eigenvalue weighted by molar-refractivity contribution is 0.376. The maximum absolute atomic E-state index is 5.88. The molecule has 1 aliphatic rings. The summed E-state index contributed by atoms with van der Waals surface area (Å²) in [6.07, 6.45) is 0.261. The number of hydrogen-bond donors (Lipinski definition) is 1. The van der Waals surface area contributed by atoms with E-state index in [0.29, 0.717) is 0 Å². The molecule has 0 bridgehead atoms. The van der Waals surface area contributed by atoms with Gasteiger partial charge in [-0.3, -0.25) is 0 Å². The fraction of sp³-hybridized carbons (Fsp3) is 0.333. The zero-order chi connectivity index (χ0) is 7.68. The summed E-state index contributed by atoms with van der Waals surface area (Å²) < 4.78 is 5.10. The molecule has 0 aromatic heterocycles. The molecule has 11 heavy (non-hydrogen) atoms. The van der Waals surface area contributed by atoms with E-state index in [0.717, 1.165) is 12.2 Å². The lowest BCUT2D eigenvalue weighted by Gasteiger charge is -2.06. The SMILES string of the molecule is NC(c1ccccc1)C1CO1. The zero-order valence-corrected chi connectivity index (χ0v) is 6.23. The van der Waals surface area contributed by atoms with Gasteiger partial charge in [-0.15, -0.1) is 0 Å². The third-order valence-corrected chi connectivity index (χ3v) is 1.94. The van der Waals surface area contributed by atoms with Gasteiger partial charge >= 0.3 is 0 Å². The van der Waals surface area contributed by atoms with Crippen LogP contribution in [0.25, 0.3) is 0 Å². The first kappa shape index (κ1) is 6.83. The topological polar surface area (TPSA) is 38.5 Å². The average molecular weight is 149 g/mol. The van der Waals surface area contributed by atoms with Gasteiger partial charge < -0.3 is 10.5 Å². The van der Waals surface area contributed by atoms with Gasteiger partial charge in [-0.05, 0) is 5.56 Å². The van der Waals surface area contributed by atoms with Gasteiger partial charge in [0.15, 0.2) is 0 Å². The first-order valence-corrected chi connectivity index (χ1v) is 3.80. The summed E-state index contributed by atoms with van der Waals surface area (Å²) in [5.74, 6) is 0. The normalized spacial score (nSPS) is 24.6. The summed E-state index contributed by atoms with van der Waals surface area (Å²) in [6, 6.07) is 10.1. The van der Waals surface area contributed by atoms with E-state index in [1.807, 2.05) is 30.3 Å². The highest BCUT2D eigenvalue weighted by molar-refractivity contribution is 5.20. The van der Waals surface area contributed by atoms with Gasteiger partial charge in [0.2, 0.25) is 0 Å². The van der Waals surface area contributed by atoms with Gasteiger partial charge in [0.1, 0.15) is 6.10 Å². The molecule has 1 aromatic carbocycles. The Labute approximate surface area is 66.0 Å². The molecule has 1 fully saturated rings. The van der Waals surface area contributed by atoms with Crippen molar-refractivity contribution in [2.24, 2.45) is 5.73 Å². The highest BCUT2D eigenvalue weighted by Crippen LogP contribution is 2.24. The predicted octanol–water partition coefficient (Wildman–Crippen LogP) is 1.09. The van der Waals surface area contributed by atoms with Crippen molar-refractivity contribution in [3.05, 3.63) is 35.9 Å². The summed E-state index contributed by atoms with van der Waals surface area (Å²) in [5.41, 5.74) is 7.04. The van der Waals surface area contributed by atoms with E-state index >= 15 is 0 Å². The number of benzene rings is 1. The van der Waals surface area contributed by atoms with Crippen molar-refractivity contribution in [1.82, 2.24) is 0 Å². The van der Waals surface area contributed by atoms with Crippen LogP contribution >= 0.6 is 0 Å². The van der Waals surface area contributed by atoms with Crippen molar-refractivity contribution < 1.29 is 4.74 Å². The molecule has 0 radical (unpaired) electrons. The summed E-state index contributed by atoms with van der Waals surface area (Å²) >= 11 is 0. The van der Waals surface area contributed by atoms with E-state index < -0.39 is 0 Å². The highest BCUT2D eigenvalue weighted by atomic mass is 16.6. The van der Waals surface area contributed by atoms with Gasteiger partial charge in [-0.1, -0.05) is 30.3 Å². The first-order valence-electron chi connectivity index (χ1n) is 3.80. The molecule has 58 valence electrons. The minimum absolute atomic E-state index is 0.0659. The standard InChI is InChI=1S/C9H11NO/c10-9(8-6-11-8)7-4-2-1-3-5-7/h1-5,8-9H,6,10H2. The Kier molecular flexibility index (Phi) is 1.64. The van der Waals surface area contributed by atoms with Crippen LogP contribution in [0.2, 0.25) is 0 Å². The quantitative estimate of drug-likeness (QED) is 0.639. The van der Waals surface area contributed by atoms with Crippen molar-refractivity contribution in [3.63, 3.8) is 0 Å². The lowest BCUT2D eigenvalue weighted by Crippen LogP contribution is -2.16. The van der Waals surface area contributed by atoms with Crippen LogP contribution < -0.4 is 5.73 Å². The van der Waals surface area contributed by atoms with Crippen molar-refractivity contribution in [3.8, 4) is 0 Å². The largest absolute Gasteiger partial charge is 0.371 e. The van der Waals surface area contributed by atoms with Crippen LogP contribution in [-0.2, 0) is 4.74 Å². The van der Waals surface area contributed by atoms with E-state index in [9.17, 15) is 0 Å². The molecular formula is C9H11NO. The fourth-order valence-electron chi connectivity index (χ4n) is 1.15. The van der Waals surface area contributed by atoms with Crippen molar-refractivity contribution >= 4 is 0 Å². The van der Waals surface area contributed by atoms with Crippen LogP contribution in [0.4, 0.5) is 0 Å². The molecule has 2 heteroatoms. The second-order valence-corrected chi connectivity index (χ2v) is 2.81. The molecule has 0 saturated carbocycles. The molecule has 2 atom stereocenters. The van der Waals surface area contributed by atoms with Gasteiger partial charge in [0, 0.05) is 0 Å². The maximum atomic E-state index is 5.88. The first-order chi connectivity index (χ1) is 5.38. The molecule has 1 aliphatic heterocycles. The second kappa shape index (κ2) is 2.64. The molecule has 1 heterocycles. The van der Waals surface area contributed by atoms with Crippen LogP contribution in [0.1, 0.15) is 11.6 Å². The van der Waals surface area contributed by atoms with Crippen LogP contribution in [0, 0.1) is 0 Å². The maximum Gasteiger partial charge on any atom is 0.100 e. The van der Waals surface area contributed by atoms with E-state index in [2.05, 4.69) is 0 Å². The Balaban J connectivity index is 2.15. The summed E-state index contributed by atoms with van der Waals surface area (Å²) in [7, 11) is 0. The van der Waals surface area contributed by atoms with Gasteiger partial charge in [0.25, 0.3) is 0 Å². The number of ether oxygens (including phenoxy) is 1. The van der Waals surface area contributed by atoms with Gasteiger partial charge in [-0.25, -0.2) is 0 Å². The van der Waals surface area contributed by atoms with Crippen molar-refractivity contribution in [2.45, 2.75) is 12.1 Å². The van der Waals surface area contributed by atoms with Crippen molar-refractivity contribution in [1.29, 1.82) is 0 Å². The number of hydrogen-bond acceptors (Lipinski definition) is 2. The van der Waals surface area contributed by atoms with E-state index in [1.165, 1.54) is 0 Å². The number of nitrogens with two attached hydrogens (primary N) is 1. The van der Waals surface area contributed by atoms with E-state index in [1.54, 1.807) is 0 Å². The Morgan fingerprint density at radius 3 is 2.55 bits per heavy atom. The van der Waals surface area contributed by atoms with Gasteiger partial charge in [-0.2, -0.15) is 0 Å².